The van der Waals surface area contributed by atoms with Crippen molar-refractivity contribution in [1.82, 2.24) is 15.2 Å². The summed E-state index contributed by atoms with van der Waals surface area (Å²) in [6.07, 6.45) is 2.94. The van der Waals surface area contributed by atoms with Gasteiger partial charge in [-0.15, -0.1) is 11.3 Å². The molecular weight excluding hydrogens is 366 g/mol. The lowest BCUT2D eigenvalue weighted by atomic mass is 10.0. The van der Waals surface area contributed by atoms with E-state index >= 15 is 0 Å². The summed E-state index contributed by atoms with van der Waals surface area (Å²) >= 11 is 1.50. The van der Waals surface area contributed by atoms with Gasteiger partial charge in [0, 0.05) is 30.7 Å². The summed E-state index contributed by atoms with van der Waals surface area (Å²) in [6.45, 7) is 9.35. The lowest BCUT2D eigenvalue weighted by molar-refractivity contribution is 0.0930. The van der Waals surface area contributed by atoms with Gasteiger partial charge < -0.3 is 5.32 Å². The quantitative estimate of drug-likeness (QED) is 0.691. The summed E-state index contributed by atoms with van der Waals surface area (Å²) in [5.74, 6) is 0.524. The number of carbonyl (C=O) groups is 1. The largest absolute Gasteiger partial charge is 0.349 e. The predicted molar refractivity (Wildman–Crippen MR) is 116 cm³/mol. The van der Waals surface area contributed by atoms with Gasteiger partial charge in [0.2, 0.25) is 0 Å². The van der Waals surface area contributed by atoms with Crippen molar-refractivity contribution in [2.24, 2.45) is 5.92 Å². The minimum Gasteiger partial charge on any atom is -0.349 e. The second-order valence-corrected chi connectivity index (χ2v) is 8.89. The van der Waals surface area contributed by atoms with E-state index in [0.717, 1.165) is 46.7 Å². The summed E-state index contributed by atoms with van der Waals surface area (Å²) in [5.41, 5.74) is 3.58. The van der Waals surface area contributed by atoms with E-state index < -0.39 is 0 Å². The molecule has 1 fully saturated rings. The number of amides is 1. The smallest absolute Gasteiger partial charge is 0.261 e. The van der Waals surface area contributed by atoms with Crippen LogP contribution in [-0.4, -0.2) is 34.9 Å². The topological polar surface area (TPSA) is 45.2 Å². The van der Waals surface area contributed by atoms with Crippen LogP contribution in [0.15, 0.2) is 42.6 Å². The fraction of sp³-hybridized carbons (Fsp3) is 0.391. The number of hydrogen-bond donors (Lipinski definition) is 1. The minimum absolute atomic E-state index is 0.0360. The first-order chi connectivity index (χ1) is 13.5. The Hall–Kier alpha value is -2.24. The van der Waals surface area contributed by atoms with Crippen molar-refractivity contribution in [3.63, 3.8) is 0 Å². The Morgan fingerprint density at radius 1 is 1.29 bits per heavy atom. The van der Waals surface area contributed by atoms with Crippen molar-refractivity contribution in [2.75, 3.05) is 13.1 Å². The monoisotopic (exact) mass is 393 g/mol. The molecule has 2 atom stereocenters. The average Bonchev–Trinajstić information content (AvgIpc) is 3.28. The fourth-order valence-electron chi connectivity index (χ4n) is 4.22. The molecule has 0 saturated carbocycles. The van der Waals surface area contributed by atoms with Gasteiger partial charge in [-0.1, -0.05) is 30.3 Å². The number of aryl methyl sites for hydroxylation is 2. The predicted octanol–water partition coefficient (Wildman–Crippen LogP) is 4.55. The van der Waals surface area contributed by atoms with Crippen molar-refractivity contribution < 1.29 is 4.79 Å². The summed E-state index contributed by atoms with van der Waals surface area (Å²) in [6, 6.07) is 12.8. The highest BCUT2D eigenvalue weighted by molar-refractivity contribution is 7.20. The summed E-state index contributed by atoms with van der Waals surface area (Å²) in [5, 5.41) is 4.39. The molecule has 0 aliphatic carbocycles. The third-order valence-corrected chi connectivity index (χ3v) is 7.07. The van der Waals surface area contributed by atoms with Crippen molar-refractivity contribution in [3.05, 3.63) is 64.2 Å². The molecule has 0 spiro atoms. The molecule has 4 rings (SSSR count). The molecule has 0 unspecified atom stereocenters. The number of pyridine rings is 1. The highest BCUT2D eigenvalue weighted by atomic mass is 32.1. The molecule has 1 amide bonds. The maximum absolute atomic E-state index is 12.9. The third kappa shape index (κ3) is 3.82. The zero-order valence-electron chi connectivity index (χ0n) is 16.7. The van der Waals surface area contributed by atoms with Gasteiger partial charge in [-0.25, -0.2) is 4.98 Å². The molecule has 146 valence electrons. The highest BCUT2D eigenvalue weighted by Crippen LogP contribution is 2.31. The maximum atomic E-state index is 12.9. The van der Waals surface area contributed by atoms with Gasteiger partial charge in [0.1, 0.15) is 4.83 Å². The van der Waals surface area contributed by atoms with Crippen molar-refractivity contribution in [2.45, 2.75) is 39.8 Å². The summed E-state index contributed by atoms with van der Waals surface area (Å²) < 4.78 is 0. The van der Waals surface area contributed by atoms with E-state index in [4.69, 9.17) is 0 Å². The van der Waals surface area contributed by atoms with Gasteiger partial charge in [-0.3, -0.25) is 9.69 Å². The number of carbonyl (C=O) groups excluding carboxylic acids is 1. The number of rotatable bonds is 5. The van der Waals surface area contributed by atoms with Crippen LogP contribution in [0.1, 0.15) is 39.7 Å². The van der Waals surface area contributed by atoms with Gasteiger partial charge in [-0.2, -0.15) is 0 Å². The Labute approximate surface area is 170 Å². The molecule has 2 aromatic heterocycles. The molecule has 3 heterocycles. The first-order valence-corrected chi connectivity index (χ1v) is 10.8. The van der Waals surface area contributed by atoms with Gasteiger partial charge >= 0.3 is 0 Å². The van der Waals surface area contributed by atoms with Crippen LogP contribution in [0.5, 0.6) is 0 Å². The molecule has 0 radical (unpaired) electrons. The van der Waals surface area contributed by atoms with E-state index in [1.807, 2.05) is 19.2 Å². The van der Waals surface area contributed by atoms with Crippen LogP contribution >= 0.6 is 11.3 Å². The van der Waals surface area contributed by atoms with E-state index in [2.05, 4.69) is 59.4 Å². The molecule has 1 N–H and O–H groups in total. The number of nitrogens with zero attached hydrogens (tertiary/aromatic N) is 2. The Balaban J connectivity index is 1.40. The molecule has 0 bridgehead atoms. The molecule has 5 heteroatoms. The maximum Gasteiger partial charge on any atom is 0.261 e. The molecule has 1 aliphatic rings. The number of hydrogen-bond acceptors (Lipinski definition) is 4. The van der Waals surface area contributed by atoms with E-state index in [-0.39, 0.29) is 11.9 Å². The van der Waals surface area contributed by atoms with Crippen molar-refractivity contribution >= 4 is 27.5 Å². The molecule has 4 nitrogen and oxygen atoms in total. The molecule has 3 aromatic rings. The van der Waals surface area contributed by atoms with Gasteiger partial charge in [0.15, 0.2) is 0 Å². The van der Waals surface area contributed by atoms with Crippen LogP contribution in [0.3, 0.4) is 0 Å². The number of aromatic nitrogens is 1. The van der Waals surface area contributed by atoms with E-state index in [1.54, 1.807) is 0 Å². The molecule has 28 heavy (non-hydrogen) atoms. The molecule has 1 aromatic carbocycles. The number of thiophene rings is 1. The van der Waals surface area contributed by atoms with Gasteiger partial charge in [0.05, 0.1) is 4.88 Å². The third-order valence-electron chi connectivity index (χ3n) is 5.87. The lowest BCUT2D eigenvalue weighted by Crippen LogP contribution is -2.39. The van der Waals surface area contributed by atoms with Gasteiger partial charge in [-0.05, 0) is 62.4 Å². The second kappa shape index (κ2) is 8.02. The summed E-state index contributed by atoms with van der Waals surface area (Å²) in [7, 11) is 0. The van der Waals surface area contributed by atoms with Crippen molar-refractivity contribution in [3.8, 4) is 0 Å². The summed E-state index contributed by atoms with van der Waals surface area (Å²) in [4.78, 5) is 21.6. The minimum atomic E-state index is 0.0360. The average molecular weight is 394 g/mol. The SMILES string of the molecule is Cc1ccnc2sc(C(=O)N[C@@H](C)[C@@H]3CCN(Cc4ccccc4)C3)c(C)c12. The van der Waals surface area contributed by atoms with Crippen LogP contribution in [0.4, 0.5) is 0 Å². The van der Waals surface area contributed by atoms with Gasteiger partial charge in [0.25, 0.3) is 5.91 Å². The molecule has 1 saturated heterocycles. The van der Waals surface area contributed by atoms with Crippen LogP contribution in [0, 0.1) is 19.8 Å². The van der Waals surface area contributed by atoms with Crippen LogP contribution in [0.25, 0.3) is 10.2 Å². The molecular formula is C23H27N3OS. The lowest BCUT2D eigenvalue weighted by Gasteiger charge is -2.21. The Morgan fingerprint density at radius 3 is 2.82 bits per heavy atom. The molecule has 1 aliphatic heterocycles. The van der Waals surface area contributed by atoms with E-state index in [0.29, 0.717) is 5.92 Å². The standard InChI is InChI=1S/C23H27N3OS/c1-15-9-11-24-23-20(15)16(2)21(28-23)22(27)25-17(3)19-10-12-26(14-19)13-18-7-5-4-6-8-18/h4-9,11,17,19H,10,12-14H2,1-3H3,(H,25,27)/t17-,19+/m0/s1. The van der Waals surface area contributed by atoms with E-state index in [1.165, 1.54) is 22.5 Å². The normalized spacial score (nSPS) is 18.5. The highest BCUT2D eigenvalue weighted by Gasteiger charge is 2.29. The van der Waals surface area contributed by atoms with Crippen molar-refractivity contribution in [1.29, 1.82) is 0 Å². The zero-order valence-corrected chi connectivity index (χ0v) is 17.6. The van der Waals surface area contributed by atoms with Crippen LogP contribution < -0.4 is 5.32 Å². The Morgan fingerprint density at radius 2 is 2.07 bits per heavy atom. The number of likely N-dealkylation sites (tertiary alicyclic amines) is 1. The number of benzene rings is 1. The first-order valence-electron chi connectivity index (χ1n) is 9.94. The fourth-order valence-corrected chi connectivity index (χ4v) is 5.35. The number of fused-ring (bicyclic) bond motifs is 1. The van der Waals surface area contributed by atoms with Crippen LogP contribution in [0.2, 0.25) is 0 Å². The zero-order chi connectivity index (χ0) is 19.7. The van der Waals surface area contributed by atoms with E-state index in [9.17, 15) is 4.79 Å². The second-order valence-electron chi connectivity index (χ2n) is 7.90. The van der Waals surface area contributed by atoms with Crippen LogP contribution in [-0.2, 0) is 6.54 Å². The number of nitrogens with one attached hydrogen (secondary N) is 1. The Kier molecular flexibility index (Phi) is 5.47. The Bertz CT molecular complexity index is 982. The first kappa shape index (κ1) is 19.1.